The van der Waals surface area contributed by atoms with Crippen LogP contribution in [0.3, 0.4) is 0 Å². The summed E-state index contributed by atoms with van der Waals surface area (Å²) in [4.78, 5) is 25.7. The minimum Gasteiger partial charge on any atom is -0.461 e. The van der Waals surface area contributed by atoms with Crippen LogP contribution in [0.2, 0.25) is 0 Å². The number of ether oxygens (including phenoxy) is 5. The zero-order chi connectivity index (χ0) is 27.2. The highest BCUT2D eigenvalue weighted by Gasteiger charge is 2.56. The van der Waals surface area contributed by atoms with Crippen molar-refractivity contribution in [2.75, 3.05) is 11.9 Å². The molecule has 2 aliphatic heterocycles. The van der Waals surface area contributed by atoms with E-state index >= 15 is 0 Å². The van der Waals surface area contributed by atoms with E-state index in [-0.39, 0.29) is 12.6 Å². The number of anilines is 1. The lowest BCUT2D eigenvalue weighted by Gasteiger charge is -2.25. The predicted molar refractivity (Wildman–Crippen MR) is 136 cm³/mol. The summed E-state index contributed by atoms with van der Waals surface area (Å²) in [6, 6.07) is -0.220. The fourth-order valence-corrected chi connectivity index (χ4v) is 5.25. The maximum Gasteiger partial charge on any atom is 0.339 e. The number of alkyl halides is 4. The number of nitrogens with one attached hydrogen (secondary N) is 1. The fraction of sp³-hybridized carbons (Fsp3) is 0.682. The summed E-state index contributed by atoms with van der Waals surface area (Å²) < 4.78 is 30.8. The van der Waals surface area contributed by atoms with Gasteiger partial charge in [0.2, 0.25) is 9.67 Å². The molecular weight excluding hydrogens is 588 g/mol. The van der Waals surface area contributed by atoms with E-state index in [1.807, 2.05) is 0 Å². The highest BCUT2D eigenvalue weighted by atomic mass is 35.5. The Labute approximate surface area is 237 Å². The zero-order valence-electron chi connectivity index (χ0n) is 20.3. The van der Waals surface area contributed by atoms with Crippen molar-refractivity contribution in [3.05, 3.63) is 12.5 Å². The number of fused-ring (bicyclic) bond motifs is 2. The lowest BCUT2D eigenvalue weighted by Crippen LogP contribution is -2.34. The molecule has 16 heteroatoms. The fourth-order valence-electron chi connectivity index (χ4n) is 5.02. The van der Waals surface area contributed by atoms with Crippen LogP contribution in [0.5, 0.6) is 0 Å². The number of esters is 2. The van der Waals surface area contributed by atoms with Gasteiger partial charge in [0, 0.05) is 0 Å². The molecule has 1 N–H and O–H groups in total. The Balaban J connectivity index is 1.37. The van der Waals surface area contributed by atoms with Crippen molar-refractivity contribution in [3.8, 4) is 0 Å². The quantitative estimate of drug-likeness (QED) is 0.347. The smallest absolute Gasteiger partial charge is 0.339 e. The second-order valence-corrected chi connectivity index (χ2v) is 11.8. The zero-order valence-corrected chi connectivity index (χ0v) is 23.3. The minimum atomic E-state index is -1.31. The summed E-state index contributed by atoms with van der Waals surface area (Å²) in [5.74, 6) is -1.94. The summed E-state index contributed by atoms with van der Waals surface area (Å²) in [7, 11) is 0. The maximum atomic E-state index is 11.9. The molecule has 0 amide bonds. The average molecular weight is 613 g/mol. The molecule has 0 spiro atoms. The third kappa shape index (κ3) is 5.63. The van der Waals surface area contributed by atoms with Gasteiger partial charge < -0.3 is 29.0 Å². The average Bonchev–Trinajstić information content (AvgIpc) is 3.61. The van der Waals surface area contributed by atoms with Gasteiger partial charge in [-0.05, 0) is 33.1 Å². The molecular formula is C22H25Cl4N5O7. The van der Waals surface area contributed by atoms with Crippen molar-refractivity contribution >= 4 is 75.2 Å². The number of nitrogens with zero attached hydrogens (tertiary/aromatic N) is 4. The predicted octanol–water partition coefficient (Wildman–Crippen LogP) is 3.27. The van der Waals surface area contributed by atoms with Crippen molar-refractivity contribution in [1.29, 1.82) is 0 Å². The molecule has 3 fully saturated rings. The molecule has 1 aliphatic carbocycles. The van der Waals surface area contributed by atoms with Crippen molar-refractivity contribution in [2.45, 2.75) is 85.3 Å². The number of rotatable bonds is 8. The Morgan fingerprint density at radius 3 is 2.63 bits per heavy atom. The van der Waals surface area contributed by atoms with Crippen LogP contribution >= 0.6 is 46.4 Å². The van der Waals surface area contributed by atoms with Crippen molar-refractivity contribution in [1.82, 2.24) is 19.7 Å². The van der Waals surface area contributed by atoms with Crippen LogP contribution in [0.4, 0.5) is 5.82 Å². The van der Waals surface area contributed by atoms with E-state index in [9.17, 15) is 9.59 Å². The van der Waals surface area contributed by atoms with Crippen molar-refractivity contribution in [2.24, 2.45) is 0 Å². The molecule has 0 aromatic carbocycles. The standard InChI is InChI=1S/C22H25Cl4N5O7/c1-22(2)37-14-12(7-34-20(32)16(23)24)35-19(15(14)38-22)31-8-27-13-10(31)6-28-30-18(13)29-9-4-3-5-11(9)36-21(33)17(25)26/h6,8-9,11-12,14-17,19H,3-5,7H2,1-2H3,(H,29,30)/t9-,11-,12+,14+,15+,19+/m0/s1. The highest BCUT2D eigenvalue weighted by molar-refractivity contribution is 6.53. The van der Waals surface area contributed by atoms with Crippen LogP contribution in [-0.2, 0) is 33.3 Å². The number of aromatic nitrogens is 4. The normalized spacial score (nSPS) is 30.2. The summed E-state index contributed by atoms with van der Waals surface area (Å²) >= 11 is 22.5. The number of carbonyl (C=O) groups is 2. The summed E-state index contributed by atoms with van der Waals surface area (Å²) in [6.45, 7) is 3.46. The first-order valence-electron chi connectivity index (χ1n) is 11.9. The first-order valence-corrected chi connectivity index (χ1v) is 13.7. The van der Waals surface area contributed by atoms with Gasteiger partial charge in [-0.15, -0.1) is 5.10 Å². The molecule has 2 aromatic heterocycles. The molecule has 2 aromatic rings. The first kappa shape index (κ1) is 27.9. The minimum absolute atomic E-state index is 0.127. The van der Waals surface area contributed by atoms with Gasteiger partial charge >= 0.3 is 11.9 Å². The van der Waals surface area contributed by atoms with Crippen LogP contribution in [0.25, 0.3) is 11.0 Å². The molecule has 3 aliphatic rings. The molecule has 0 unspecified atom stereocenters. The van der Waals surface area contributed by atoms with Crippen molar-refractivity contribution in [3.63, 3.8) is 0 Å². The van der Waals surface area contributed by atoms with E-state index in [4.69, 9.17) is 70.1 Å². The molecule has 0 bridgehead atoms. The molecule has 208 valence electrons. The lowest BCUT2D eigenvalue weighted by atomic mass is 10.1. The number of hydrogen-bond acceptors (Lipinski definition) is 11. The monoisotopic (exact) mass is 611 g/mol. The molecule has 5 rings (SSSR count). The van der Waals surface area contributed by atoms with Crippen LogP contribution in [0.1, 0.15) is 39.3 Å². The van der Waals surface area contributed by atoms with Gasteiger partial charge in [0.05, 0.1) is 24.1 Å². The molecule has 2 saturated heterocycles. The van der Waals surface area contributed by atoms with Gasteiger partial charge in [-0.1, -0.05) is 46.4 Å². The van der Waals surface area contributed by atoms with Crippen LogP contribution in [0.15, 0.2) is 12.5 Å². The summed E-state index contributed by atoms with van der Waals surface area (Å²) in [5, 5.41) is 11.7. The van der Waals surface area contributed by atoms with Gasteiger partial charge in [-0.3, -0.25) is 4.57 Å². The summed E-state index contributed by atoms with van der Waals surface area (Å²) in [6.07, 6.45) is 2.61. The second kappa shape index (κ2) is 11.1. The van der Waals surface area contributed by atoms with E-state index in [2.05, 4.69) is 20.5 Å². The molecule has 38 heavy (non-hydrogen) atoms. The van der Waals surface area contributed by atoms with Crippen LogP contribution in [-0.4, -0.2) is 84.2 Å². The molecule has 6 atom stereocenters. The molecule has 0 radical (unpaired) electrons. The molecule has 4 heterocycles. The van der Waals surface area contributed by atoms with Gasteiger partial charge in [-0.2, -0.15) is 5.10 Å². The topological polar surface area (TPSA) is 136 Å². The summed E-state index contributed by atoms with van der Waals surface area (Å²) in [5.41, 5.74) is 1.15. The van der Waals surface area contributed by atoms with E-state index in [1.54, 1.807) is 30.9 Å². The Morgan fingerprint density at radius 2 is 1.89 bits per heavy atom. The highest BCUT2D eigenvalue weighted by Crippen LogP contribution is 2.44. The second-order valence-electron chi connectivity index (χ2n) is 9.60. The number of hydrogen-bond donors (Lipinski definition) is 1. The molecule has 12 nitrogen and oxygen atoms in total. The van der Waals surface area contributed by atoms with E-state index in [0.717, 1.165) is 12.8 Å². The third-order valence-corrected chi connectivity index (χ3v) is 7.29. The van der Waals surface area contributed by atoms with E-state index in [0.29, 0.717) is 23.3 Å². The Kier molecular flexibility index (Phi) is 8.12. The van der Waals surface area contributed by atoms with E-state index < -0.39 is 58.0 Å². The Hall–Kier alpha value is -1.67. The van der Waals surface area contributed by atoms with Crippen LogP contribution in [0, 0.1) is 0 Å². The number of halogens is 4. The van der Waals surface area contributed by atoms with Crippen molar-refractivity contribution < 1.29 is 33.3 Å². The Morgan fingerprint density at radius 1 is 1.16 bits per heavy atom. The lowest BCUT2D eigenvalue weighted by molar-refractivity contribution is -0.201. The number of carbonyl (C=O) groups excluding carboxylic acids is 2. The van der Waals surface area contributed by atoms with Gasteiger partial charge in [-0.25, -0.2) is 14.6 Å². The van der Waals surface area contributed by atoms with Gasteiger partial charge in [0.15, 0.2) is 17.8 Å². The first-order chi connectivity index (χ1) is 18.0. The largest absolute Gasteiger partial charge is 0.461 e. The van der Waals surface area contributed by atoms with Gasteiger partial charge in [0.1, 0.15) is 36.5 Å². The van der Waals surface area contributed by atoms with Gasteiger partial charge in [0.25, 0.3) is 0 Å². The third-order valence-electron chi connectivity index (χ3n) is 6.58. The number of imidazole rings is 1. The Bertz CT molecular complexity index is 1200. The molecule has 1 saturated carbocycles. The maximum absolute atomic E-state index is 11.9. The van der Waals surface area contributed by atoms with E-state index in [1.165, 1.54) is 0 Å². The van der Waals surface area contributed by atoms with Crippen LogP contribution < -0.4 is 5.32 Å². The SMILES string of the molecule is CC1(C)O[C@@H]2[C@H](O1)[C@@H](COC(=O)C(Cl)Cl)O[C@H]2n1cnc2c(N[C@H]3CCC[C@@H]3OC(=O)C(Cl)Cl)nncc21.